The predicted octanol–water partition coefficient (Wildman–Crippen LogP) is 1.16. The van der Waals surface area contributed by atoms with Crippen LogP contribution in [0.5, 0.6) is 5.75 Å². The Morgan fingerprint density at radius 2 is 2.25 bits per heavy atom. The van der Waals surface area contributed by atoms with Gasteiger partial charge in [0.15, 0.2) is 0 Å². The number of hydrogen-bond donors (Lipinski definition) is 0. The Kier molecular flexibility index (Phi) is 1.47. The Hall–Kier alpha value is -1.56. The van der Waals surface area contributed by atoms with E-state index in [1.54, 1.807) is 0 Å². The summed E-state index contributed by atoms with van der Waals surface area (Å²) in [5.74, 6) is -0.412. The fourth-order valence-corrected chi connectivity index (χ4v) is 1.45. The van der Waals surface area contributed by atoms with Crippen molar-refractivity contribution in [3.63, 3.8) is 0 Å². The number of fused-ring (bicyclic) bond motifs is 1. The Morgan fingerprint density at radius 3 is 3.00 bits per heavy atom. The smallest absolute Gasteiger partial charge is 0.133 e. The van der Waals surface area contributed by atoms with Crippen LogP contribution in [0, 0.1) is 4.91 Å². The Labute approximate surface area is 71.0 Å². The van der Waals surface area contributed by atoms with Gasteiger partial charge >= 0.3 is 0 Å². The molecular formula is C6H2N3O2S-. The number of nitroso groups, excluding NO2 is 1. The van der Waals surface area contributed by atoms with E-state index >= 15 is 0 Å². The van der Waals surface area contributed by atoms with Crippen LogP contribution in [0.3, 0.4) is 0 Å². The lowest BCUT2D eigenvalue weighted by atomic mass is 10.2. The van der Waals surface area contributed by atoms with E-state index in [1.807, 2.05) is 0 Å². The lowest BCUT2D eigenvalue weighted by Crippen LogP contribution is -1.89. The minimum absolute atomic E-state index is 0.152. The summed E-state index contributed by atoms with van der Waals surface area (Å²) < 4.78 is 7.65. The zero-order valence-electron chi connectivity index (χ0n) is 5.72. The first kappa shape index (κ1) is 7.11. The predicted molar refractivity (Wildman–Crippen MR) is 42.3 cm³/mol. The molecule has 2 aromatic rings. The molecule has 0 fully saturated rings. The average molecular weight is 180 g/mol. The zero-order valence-corrected chi connectivity index (χ0v) is 6.54. The first-order valence-electron chi connectivity index (χ1n) is 3.08. The van der Waals surface area contributed by atoms with Crippen molar-refractivity contribution in [3.8, 4) is 5.75 Å². The van der Waals surface area contributed by atoms with Crippen LogP contribution in [0.1, 0.15) is 0 Å². The van der Waals surface area contributed by atoms with Gasteiger partial charge in [0.1, 0.15) is 16.7 Å². The van der Waals surface area contributed by atoms with Crippen molar-refractivity contribution in [2.24, 2.45) is 5.18 Å². The Bertz CT molecular complexity index is 439. The topological polar surface area (TPSA) is 78.3 Å². The molecule has 1 heterocycles. The van der Waals surface area contributed by atoms with Gasteiger partial charge in [0.2, 0.25) is 0 Å². The van der Waals surface area contributed by atoms with Crippen molar-refractivity contribution in [1.29, 1.82) is 0 Å². The molecule has 0 bridgehead atoms. The van der Waals surface area contributed by atoms with Crippen LogP contribution in [0.15, 0.2) is 17.3 Å². The van der Waals surface area contributed by atoms with E-state index < -0.39 is 5.75 Å². The van der Waals surface area contributed by atoms with Crippen molar-refractivity contribution in [1.82, 2.24) is 8.75 Å². The van der Waals surface area contributed by atoms with Gasteiger partial charge in [-0.05, 0) is 11.2 Å². The van der Waals surface area contributed by atoms with Crippen LogP contribution in [0.25, 0.3) is 11.0 Å². The maximum Gasteiger partial charge on any atom is 0.133 e. The van der Waals surface area contributed by atoms with Crippen LogP contribution in [0.2, 0.25) is 0 Å². The van der Waals surface area contributed by atoms with Gasteiger partial charge in [-0.3, -0.25) is 0 Å². The van der Waals surface area contributed by atoms with E-state index in [0.717, 1.165) is 11.7 Å². The number of benzene rings is 1. The van der Waals surface area contributed by atoms with Crippen LogP contribution >= 0.6 is 11.7 Å². The minimum atomic E-state index is -0.412. The van der Waals surface area contributed by atoms with Gasteiger partial charge in [0.05, 0.1) is 11.7 Å². The van der Waals surface area contributed by atoms with Gasteiger partial charge in [0.25, 0.3) is 0 Å². The normalized spacial score (nSPS) is 10.3. The zero-order chi connectivity index (χ0) is 8.55. The minimum Gasteiger partial charge on any atom is -0.871 e. The second-order valence-electron chi connectivity index (χ2n) is 2.14. The third-order valence-electron chi connectivity index (χ3n) is 1.46. The Balaban J connectivity index is 2.91. The van der Waals surface area contributed by atoms with Gasteiger partial charge in [-0.25, -0.2) is 0 Å². The summed E-state index contributed by atoms with van der Waals surface area (Å²) >= 11 is 0.953. The first-order chi connectivity index (χ1) is 5.83. The molecule has 60 valence electrons. The highest BCUT2D eigenvalue weighted by molar-refractivity contribution is 7.00. The second-order valence-corrected chi connectivity index (χ2v) is 2.66. The lowest BCUT2D eigenvalue weighted by molar-refractivity contribution is -0.267. The molecule has 0 N–H and O–H groups in total. The van der Waals surface area contributed by atoms with E-state index in [2.05, 4.69) is 13.9 Å². The van der Waals surface area contributed by atoms with E-state index in [1.165, 1.54) is 12.1 Å². The van der Waals surface area contributed by atoms with E-state index in [0.29, 0.717) is 11.0 Å². The summed E-state index contributed by atoms with van der Waals surface area (Å²) in [6.07, 6.45) is 0. The molecule has 0 spiro atoms. The number of hydrogen-bond acceptors (Lipinski definition) is 6. The highest BCUT2D eigenvalue weighted by Crippen LogP contribution is 2.31. The maximum absolute atomic E-state index is 11.0. The Morgan fingerprint density at radius 1 is 1.42 bits per heavy atom. The van der Waals surface area contributed by atoms with Gasteiger partial charge in [0, 0.05) is 0 Å². The van der Waals surface area contributed by atoms with Crippen molar-refractivity contribution in [2.75, 3.05) is 0 Å². The quantitative estimate of drug-likeness (QED) is 0.617. The monoisotopic (exact) mass is 180 g/mol. The van der Waals surface area contributed by atoms with Crippen LogP contribution in [-0.4, -0.2) is 8.75 Å². The summed E-state index contributed by atoms with van der Waals surface area (Å²) in [5, 5.41) is 13.6. The molecule has 0 saturated heterocycles. The van der Waals surface area contributed by atoms with Gasteiger partial charge < -0.3 is 5.11 Å². The van der Waals surface area contributed by atoms with Crippen molar-refractivity contribution >= 4 is 28.4 Å². The molecule has 5 nitrogen and oxygen atoms in total. The summed E-state index contributed by atoms with van der Waals surface area (Å²) in [4.78, 5) is 10.2. The molecule has 6 heteroatoms. The highest BCUT2D eigenvalue weighted by atomic mass is 32.1. The van der Waals surface area contributed by atoms with Crippen LogP contribution < -0.4 is 5.11 Å². The molecule has 12 heavy (non-hydrogen) atoms. The lowest BCUT2D eigenvalue weighted by Gasteiger charge is -2.05. The summed E-state index contributed by atoms with van der Waals surface area (Å²) in [6.45, 7) is 0. The van der Waals surface area contributed by atoms with Crippen molar-refractivity contribution in [3.05, 3.63) is 17.0 Å². The molecule has 1 aromatic heterocycles. The number of aromatic nitrogens is 2. The highest BCUT2D eigenvalue weighted by Gasteiger charge is 2.05. The summed E-state index contributed by atoms with van der Waals surface area (Å²) in [6, 6.07) is 2.79. The third kappa shape index (κ3) is 0.850. The summed E-state index contributed by atoms with van der Waals surface area (Å²) in [7, 11) is 0. The van der Waals surface area contributed by atoms with Gasteiger partial charge in [-0.15, -0.1) is 4.91 Å². The largest absolute Gasteiger partial charge is 0.871 e. The standard InChI is InChI=1S/C6H3N3O2S/c10-4-2-1-3-5(6(4)7-11)9-12-8-3/h1-2,10H/p-1. The molecule has 2 rings (SSSR count). The molecule has 0 radical (unpaired) electrons. The molecular weight excluding hydrogens is 178 g/mol. The molecule has 0 aliphatic rings. The van der Waals surface area contributed by atoms with E-state index in [4.69, 9.17) is 0 Å². The number of nitrogens with zero attached hydrogens (tertiary/aromatic N) is 3. The average Bonchev–Trinajstić information content (AvgIpc) is 2.52. The first-order valence-corrected chi connectivity index (χ1v) is 3.81. The third-order valence-corrected chi connectivity index (χ3v) is 2.00. The molecule has 0 aliphatic heterocycles. The van der Waals surface area contributed by atoms with Crippen LogP contribution in [0.4, 0.5) is 5.69 Å². The van der Waals surface area contributed by atoms with E-state index in [-0.39, 0.29) is 5.69 Å². The molecule has 0 amide bonds. The summed E-state index contributed by atoms with van der Waals surface area (Å²) in [5.41, 5.74) is 0.679. The molecule has 0 aliphatic carbocycles. The van der Waals surface area contributed by atoms with Gasteiger partial charge in [-0.2, -0.15) is 8.75 Å². The molecule has 0 unspecified atom stereocenters. The van der Waals surface area contributed by atoms with Crippen molar-refractivity contribution < 1.29 is 5.11 Å². The van der Waals surface area contributed by atoms with Gasteiger partial charge in [-0.1, -0.05) is 11.8 Å². The molecule has 0 atom stereocenters. The fourth-order valence-electron chi connectivity index (χ4n) is 0.908. The molecule has 0 saturated carbocycles. The fraction of sp³-hybridized carbons (Fsp3) is 0. The van der Waals surface area contributed by atoms with E-state index in [9.17, 15) is 10.0 Å². The SMILES string of the molecule is O=Nc1c([O-])ccc2nsnc12. The number of rotatable bonds is 1. The maximum atomic E-state index is 11.0. The second kappa shape index (κ2) is 2.49. The molecule has 1 aromatic carbocycles. The van der Waals surface area contributed by atoms with Crippen LogP contribution in [-0.2, 0) is 0 Å². The van der Waals surface area contributed by atoms with Crippen molar-refractivity contribution in [2.45, 2.75) is 0 Å².